The van der Waals surface area contributed by atoms with E-state index in [2.05, 4.69) is 19.2 Å². The predicted octanol–water partition coefficient (Wildman–Crippen LogP) is 2.90. The summed E-state index contributed by atoms with van der Waals surface area (Å²) in [4.78, 5) is 0. The molecule has 2 N–H and O–H groups in total. The summed E-state index contributed by atoms with van der Waals surface area (Å²) in [7, 11) is 0. The van der Waals surface area contributed by atoms with Crippen LogP contribution in [0, 0.1) is 5.92 Å². The summed E-state index contributed by atoms with van der Waals surface area (Å²) in [6, 6.07) is 5.50. The van der Waals surface area contributed by atoms with Gasteiger partial charge in [-0.05, 0) is 24.1 Å². The second-order valence-corrected chi connectivity index (χ2v) is 4.17. The van der Waals surface area contributed by atoms with Gasteiger partial charge in [0, 0.05) is 22.8 Å². The fourth-order valence-electron chi connectivity index (χ4n) is 1.18. The van der Waals surface area contributed by atoms with Crippen LogP contribution >= 0.6 is 11.6 Å². The summed E-state index contributed by atoms with van der Waals surface area (Å²) in [6.45, 7) is 5.19. The zero-order valence-corrected chi connectivity index (χ0v) is 9.30. The topological polar surface area (TPSA) is 32.3 Å². The zero-order chi connectivity index (χ0) is 10.6. The van der Waals surface area contributed by atoms with E-state index in [4.69, 9.17) is 16.7 Å². The van der Waals surface area contributed by atoms with Gasteiger partial charge in [-0.25, -0.2) is 0 Å². The lowest BCUT2D eigenvalue weighted by Gasteiger charge is -2.12. The highest BCUT2D eigenvalue weighted by atomic mass is 35.5. The fourth-order valence-corrected chi connectivity index (χ4v) is 1.37. The Morgan fingerprint density at radius 3 is 2.71 bits per heavy atom. The molecule has 3 heteroatoms. The van der Waals surface area contributed by atoms with Crippen molar-refractivity contribution < 1.29 is 5.11 Å². The Kier molecular flexibility index (Phi) is 4.23. The Hall–Kier alpha value is -0.730. The van der Waals surface area contributed by atoms with E-state index in [1.807, 2.05) is 12.1 Å². The van der Waals surface area contributed by atoms with E-state index >= 15 is 0 Å². The van der Waals surface area contributed by atoms with Crippen LogP contribution in [0.5, 0.6) is 0 Å². The van der Waals surface area contributed by atoms with Gasteiger partial charge in [0.2, 0.25) is 0 Å². The number of anilines is 1. The molecule has 0 radical (unpaired) electrons. The smallest absolute Gasteiger partial charge is 0.0702 e. The quantitative estimate of drug-likeness (QED) is 0.806. The van der Waals surface area contributed by atoms with Gasteiger partial charge in [-0.1, -0.05) is 25.4 Å². The first-order valence-electron chi connectivity index (χ1n) is 4.76. The lowest BCUT2D eigenvalue weighted by atomic mass is 10.1. The molecule has 0 amide bonds. The van der Waals surface area contributed by atoms with Gasteiger partial charge in [-0.2, -0.15) is 0 Å². The molecule has 14 heavy (non-hydrogen) atoms. The number of hydrogen-bond acceptors (Lipinski definition) is 2. The van der Waals surface area contributed by atoms with Crippen LogP contribution in [0.15, 0.2) is 18.2 Å². The van der Waals surface area contributed by atoms with Crippen molar-refractivity contribution in [2.75, 3.05) is 11.9 Å². The molecule has 0 fully saturated rings. The summed E-state index contributed by atoms with van der Waals surface area (Å²) in [5.41, 5.74) is 1.81. The largest absolute Gasteiger partial charge is 0.392 e. The molecule has 1 rings (SSSR count). The van der Waals surface area contributed by atoms with Crippen LogP contribution in [0.25, 0.3) is 0 Å². The van der Waals surface area contributed by atoms with Gasteiger partial charge in [0.1, 0.15) is 0 Å². The standard InChI is InChI=1S/C11H16ClNO/c1-8(2)6-13-11-4-3-10(12)5-9(11)7-14/h3-5,8,13-14H,6-7H2,1-2H3. The number of rotatable bonds is 4. The number of aliphatic hydroxyl groups excluding tert-OH is 1. The van der Waals surface area contributed by atoms with E-state index in [0.29, 0.717) is 10.9 Å². The molecule has 0 spiro atoms. The second kappa shape index (κ2) is 5.23. The zero-order valence-electron chi connectivity index (χ0n) is 8.55. The highest BCUT2D eigenvalue weighted by Crippen LogP contribution is 2.20. The molecule has 0 aromatic heterocycles. The number of nitrogens with one attached hydrogen (secondary N) is 1. The van der Waals surface area contributed by atoms with Crippen molar-refractivity contribution in [3.63, 3.8) is 0 Å². The van der Waals surface area contributed by atoms with Gasteiger partial charge in [-0.15, -0.1) is 0 Å². The van der Waals surface area contributed by atoms with Crippen molar-refractivity contribution in [2.24, 2.45) is 5.92 Å². The molecule has 78 valence electrons. The lowest BCUT2D eigenvalue weighted by molar-refractivity contribution is 0.282. The third-order valence-corrected chi connectivity index (χ3v) is 2.17. The summed E-state index contributed by atoms with van der Waals surface area (Å²) in [6.07, 6.45) is 0. The van der Waals surface area contributed by atoms with Crippen molar-refractivity contribution in [3.8, 4) is 0 Å². The molecule has 0 unspecified atom stereocenters. The SMILES string of the molecule is CC(C)CNc1ccc(Cl)cc1CO. The third kappa shape index (κ3) is 3.20. The monoisotopic (exact) mass is 213 g/mol. The number of aliphatic hydroxyl groups is 1. The Balaban J connectivity index is 2.75. The van der Waals surface area contributed by atoms with Crippen molar-refractivity contribution in [3.05, 3.63) is 28.8 Å². The van der Waals surface area contributed by atoms with E-state index in [1.165, 1.54) is 0 Å². The summed E-state index contributed by atoms with van der Waals surface area (Å²) in [5, 5.41) is 13.0. The van der Waals surface area contributed by atoms with Gasteiger partial charge >= 0.3 is 0 Å². The fraction of sp³-hybridized carbons (Fsp3) is 0.455. The molecule has 0 bridgehead atoms. The van der Waals surface area contributed by atoms with Crippen LogP contribution in [-0.2, 0) is 6.61 Å². The number of benzene rings is 1. The summed E-state index contributed by atoms with van der Waals surface area (Å²) >= 11 is 5.82. The minimum Gasteiger partial charge on any atom is -0.392 e. The molecule has 0 aliphatic carbocycles. The molecule has 0 atom stereocenters. The molecule has 0 aliphatic heterocycles. The maximum absolute atomic E-state index is 9.11. The normalized spacial score (nSPS) is 10.6. The number of hydrogen-bond donors (Lipinski definition) is 2. The van der Waals surface area contributed by atoms with Gasteiger partial charge in [0.15, 0.2) is 0 Å². The molecular weight excluding hydrogens is 198 g/mol. The minimum atomic E-state index is 0.0149. The summed E-state index contributed by atoms with van der Waals surface area (Å²) < 4.78 is 0. The molecule has 1 aromatic carbocycles. The molecule has 0 heterocycles. The molecule has 0 aliphatic rings. The summed E-state index contributed by atoms with van der Waals surface area (Å²) in [5.74, 6) is 0.581. The highest BCUT2D eigenvalue weighted by Gasteiger charge is 2.02. The van der Waals surface area contributed by atoms with E-state index < -0.39 is 0 Å². The Bertz CT molecular complexity index is 299. The molecule has 2 nitrogen and oxygen atoms in total. The van der Waals surface area contributed by atoms with Crippen LogP contribution in [0.1, 0.15) is 19.4 Å². The predicted molar refractivity (Wildman–Crippen MR) is 60.7 cm³/mol. The van der Waals surface area contributed by atoms with Crippen LogP contribution in [-0.4, -0.2) is 11.7 Å². The average molecular weight is 214 g/mol. The van der Waals surface area contributed by atoms with Crippen molar-refractivity contribution >= 4 is 17.3 Å². The van der Waals surface area contributed by atoms with E-state index in [0.717, 1.165) is 17.8 Å². The molecular formula is C11H16ClNO. The van der Waals surface area contributed by atoms with Gasteiger partial charge in [0.05, 0.1) is 6.61 Å². The van der Waals surface area contributed by atoms with E-state index in [1.54, 1.807) is 6.07 Å². The maximum atomic E-state index is 9.11. The third-order valence-electron chi connectivity index (χ3n) is 1.94. The van der Waals surface area contributed by atoms with Crippen LogP contribution < -0.4 is 5.32 Å². The lowest BCUT2D eigenvalue weighted by Crippen LogP contribution is -2.09. The number of halogens is 1. The Morgan fingerprint density at radius 2 is 2.14 bits per heavy atom. The van der Waals surface area contributed by atoms with Crippen molar-refractivity contribution in [2.45, 2.75) is 20.5 Å². The molecule has 0 saturated carbocycles. The highest BCUT2D eigenvalue weighted by molar-refractivity contribution is 6.30. The maximum Gasteiger partial charge on any atom is 0.0702 e. The van der Waals surface area contributed by atoms with Crippen LogP contribution in [0.4, 0.5) is 5.69 Å². The Labute approximate surface area is 89.9 Å². The molecule has 0 saturated heterocycles. The van der Waals surface area contributed by atoms with Crippen LogP contribution in [0.3, 0.4) is 0 Å². The molecule has 1 aromatic rings. The van der Waals surface area contributed by atoms with E-state index in [9.17, 15) is 0 Å². The minimum absolute atomic E-state index is 0.0149. The van der Waals surface area contributed by atoms with Crippen LogP contribution in [0.2, 0.25) is 5.02 Å². The second-order valence-electron chi connectivity index (χ2n) is 3.73. The van der Waals surface area contributed by atoms with Gasteiger partial charge in [-0.3, -0.25) is 0 Å². The first-order valence-corrected chi connectivity index (χ1v) is 5.14. The van der Waals surface area contributed by atoms with Crippen molar-refractivity contribution in [1.82, 2.24) is 0 Å². The first kappa shape index (κ1) is 11.3. The first-order chi connectivity index (χ1) is 6.63. The van der Waals surface area contributed by atoms with Gasteiger partial charge in [0.25, 0.3) is 0 Å². The average Bonchev–Trinajstić information content (AvgIpc) is 2.15. The van der Waals surface area contributed by atoms with Gasteiger partial charge < -0.3 is 10.4 Å². The van der Waals surface area contributed by atoms with E-state index in [-0.39, 0.29) is 6.61 Å². The van der Waals surface area contributed by atoms with Crippen molar-refractivity contribution in [1.29, 1.82) is 0 Å². The Morgan fingerprint density at radius 1 is 1.43 bits per heavy atom.